The summed E-state index contributed by atoms with van der Waals surface area (Å²) in [4.78, 5) is 25.7. The first-order chi connectivity index (χ1) is 11.5. The highest BCUT2D eigenvalue weighted by Crippen LogP contribution is 2.42. The predicted octanol–water partition coefficient (Wildman–Crippen LogP) is -1.29. The maximum atomic E-state index is 10.9. The number of nitrogens with two attached hydrogens (primary N) is 2. The molecular formula is C12H18N5O7P. The molecule has 2 aromatic heterocycles. The van der Waals surface area contributed by atoms with Crippen LogP contribution in [0.5, 0.6) is 0 Å². The van der Waals surface area contributed by atoms with E-state index < -0.39 is 38.2 Å². The van der Waals surface area contributed by atoms with E-state index in [9.17, 15) is 14.8 Å². The number of rotatable bonds is 4. The molecule has 0 saturated carbocycles. The Labute approximate surface area is 141 Å². The molecule has 12 nitrogen and oxygen atoms in total. The largest absolute Gasteiger partial charge is 0.385 e. The van der Waals surface area contributed by atoms with Crippen LogP contribution in [0.15, 0.2) is 12.3 Å². The summed E-state index contributed by atoms with van der Waals surface area (Å²) in [6, 6.07) is 1.58. The summed E-state index contributed by atoms with van der Waals surface area (Å²) in [5.74, 6) is 0.0474. The average Bonchev–Trinajstić information content (AvgIpc) is 2.97. The average molecular weight is 375 g/mol. The molecule has 13 heteroatoms. The van der Waals surface area contributed by atoms with Gasteiger partial charge in [0.25, 0.3) is 0 Å². The van der Waals surface area contributed by atoms with Crippen molar-refractivity contribution in [2.75, 3.05) is 17.8 Å². The molecule has 1 aliphatic heterocycles. The molecule has 0 aliphatic carbocycles. The molecule has 3 rings (SSSR count). The number of aliphatic hydroxyl groups is 2. The number of nitrogens with zero attached hydrogens (tertiary/aromatic N) is 3. The van der Waals surface area contributed by atoms with Gasteiger partial charge in [-0.1, -0.05) is 0 Å². The van der Waals surface area contributed by atoms with Crippen LogP contribution in [0, 0.1) is 0 Å². The number of nitrogen functional groups attached to an aromatic ring is 2. The van der Waals surface area contributed by atoms with E-state index in [0.717, 1.165) is 0 Å². The lowest BCUT2D eigenvalue weighted by Crippen LogP contribution is -2.44. The minimum absolute atomic E-state index is 0.0857. The second kappa shape index (κ2) is 5.88. The molecule has 1 unspecified atom stereocenters. The van der Waals surface area contributed by atoms with Crippen LogP contribution in [-0.2, 0) is 14.0 Å². The maximum Gasteiger partial charge on any atom is 0.351 e. The van der Waals surface area contributed by atoms with Crippen molar-refractivity contribution in [2.45, 2.75) is 31.1 Å². The van der Waals surface area contributed by atoms with Gasteiger partial charge < -0.3 is 45.5 Å². The van der Waals surface area contributed by atoms with E-state index in [4.69, 9.17) is 30.7 Å². The summed E-state index contributed by atoms with van der Waals surface area (Å²) in [6.45, 7) is 1.29. The first-order valence-corrected chi connectivity index (χ1v) is 8.92. The monoisotopic (exact) mass is 375 g/mol. The quantitative estimate of drug-likeness (QED) is 0.347. The summed E-state index contributed by atoms with van der Waals surface area (Å²) < 4.78 is 22.7. The van der Waals surface area contributed by atoms with Crippen molar-refractivity contribution in [1.29, 1.82) is 0 Å². The van der Waals surface area contributed by atoms with Crippen molar-refractivity contribution in [3.63, 3.8) is 0 Å². The lowest BCUT2D eigenvalue weighted by molar-refractivity contribution is -0.167. The molecule has 0 bridgehead atoms. The van der Waals surface area contributed by atoms with Gasteiger partial charge in [0.2, 0.25) is 5.95 Å². The standard InChI is InChI=1S/C12H18N5O7P/c1-12(19)6(18)9(23-4-25(20,21)22)24-10(12)17-3-2-5-7(13)15-11(14)16-8(5)17/h2-3,6,9-10,18-19H,4H2,1H3,(H2,20,21,22)(H4,13,14,15,16)/t6?,9-,10+,12+/m0/s1. The molecule has 25 heavy (non-hydrogen) atoms. The lowest BCUT2D eigenvalue weighted by Gasteiger charge is -2.27. The molecule has 1 aliphatic rings. The highest BCUT2D eigenvalue weighted by Gasteiger charge is 2.54. The summed E-state index contributed by atoms with van der Waals surface area (Å²) in [5, 5.41) is 21.3. The Bertz CT molecular complexity index is 850. The van der Waals surface area contributed by atoms with Crippen LogP contribution >= 0.6 is 7.60 Å². The number of fused-ring (bicyclic) bond motifs is 1. The van der Waals surface area contributed by atoms with Crippen molar-refractivity contribution in [3.05, 3.63) is 12.3 Å². The second-order valence-electron chi connectivity index (χ2n) is 5.92. The minimum atomic E-state index is -4.47. The zero-order chi connectivity index (χ0) is 18.6. The van der Waals surface area contributed by atoms with Crippen molar-refractivity contribution >= 4 is 30.4 Å². The summed E-state index contributed by atoms with van der Waals surface area (Å²) in [6.07, 6.45) is -3.66. The van der Waals surface area contributed by atoms with Gasteiger partial charge >= 0.3 is 7.60 Å². The van der Waals surface area contributed by atoms with Crippen LogP contribution in [0.1, 0.15) is 13.2 Å². The molecule has 0 radical (unpaired) electrons. The second-order valence-corrected chi connectivity index (χ2v) is 7.50. The van der Waals surface area contributed by atoms with Crippen LogP contribution in [0.2, 0.25) is 0 Å². The Hall–Kier alpha value is -1.79. The lowest BCUT2D eigenvalue weighted by atomic mass is 9.99. The number of hydrogen-bond acceptors (Lipinski definition) is 9. The number of aromatic nitrogens is 3. The van der Waals surface area contributed by atoms with E-state index in [1.54, 1.807) is 6.07 Å². The van der Waals surface area contributed by atoms with E-state index >= 15 is 0 Å². The zero-order valence-electron chi connectivity index (χ0n) is 13.1. The van der Waals surface area contributed by atoms with Crippen LogP contribution in [0.3, 0.4) is 0 Å². The van der Waals surface area contributed by atoms with Gasteiger partial charge in [-0.05, 0) is 13.0 Å². The molecule has 0 aromatic carbocycles. The SMILES string of the molecule is C[C@@]1(O)C(O)[C@@H](OCP(=O)(O)O)O[C@H]1n1ccc2c(N)nc(N)nc21. The number of ether oxygens (including phenoxy) is 2. The molecule has 4 atom stereocenters. The highest BCUT2D eigenvalue weighted by atomic mass is 31.2. The fraction of sp³-hybridized carbons (Fsp3) is 0.500. The van der Waals surface area contributed by atoms with Crippen LogP contribution in [0.4, 0.5) is 11.8 Å². The van der Waals surface area contributed by atoms with Crippen molar-refractivity contribution in [1.82, 2.24) is 14.5 Å². The molecule has 1 fully saturated rings. The maximum absolute atomic E-state index is 10.9. The fourth-order valence-corrected chi connectivity index (χ4v) is 3.01. The van der Waals surface area contributed by atoms with Gasteiger partial charge in [-0.3, -0.25) is 4.57 Å². The van der Waals surface area contributed by atoms with E-state index in [1.165, 1.54) is 17.7 Å². The third-order valence-corrected chi connectivity index (χ3v) is 4.38. The smallest absolute Gasteiger partial charge is 0.351 e. The molecule has 8 N–H and O–H groups in total. The number of aliphatic hydroxyl groups excluding tert-OH is 1. The third kappa shape index (κ3) is 3.20. The summed E-state index contributed by atoms with van der Waals surface area (Å²) in [5.41, 5.74) is 9.78. The normalized spacial score (nSPS) is 30.2. The molecule has 3 heterocycles. The van der Waals surface area contributed by atoms with E-state index in [2.05, 4.69) is 9.97 Å². The van der Waals surface area contributed by atoms with Crippen molar-refractivity contribution < 1.29 is 34.0 Å². The van der Waals surface area contributed by atoms with Crippen molar-refractivity contribution in [3.8, 4) is 0 Å². The Balaban J connectivity index is 1.96. The Morgan fingerprint density at radius 1 is 1.44 bits per heavy atom. The van der Waals surface area contributed by atoms with Crippen molar-refractivity contribution in [2.24, 2.45) is 0 Å². The predicted molar refractivity (Wildman–Crippen MR) is 84.9 cm³/mol. The molecule has 138 valence electrons. The van der Waals surface area contributed by atoms with E-state index in [1.807, 2.05) is 0 Å². The fourth-order valence-electron chi connectivity index (χ4n) is 2.67. The molecule has 2 aromatic rings. The molecule has 0 spiro atoms. The number of anilines is 2. The number of hydrogen-bond donors (Lipinski definition) is 6. The highest BCUT2D eigenvalue weighted by molar-refractivity contribution is 7.51. The van der Waals surface area contributed by atoms with Crippen LogP contribution in [-0.4, -0.2) is 58.9 Å². The first kappa shape index (κ1) is 18.0. The van der Waals surface area contributed by atoms with Gasteiger partial charge in [-0.15, -0.1) is 0 Å². The Kier molecular flexibility index (Phi) is 4.24. The van der Waals surface area contributed by atoms with E-state index in [0.29, 0.717) is 5.39 Å². The molecule has 1 saturated heterocycles. The van der Waals surface area contributed by atoms with Gasteiger partial charge in [0.1, 0.15) is 23.2 Å². The molecule has 0 amide bonds. The van der Waals surface area contributed by atoms with Gasteiger partial charge in [-0.25, -0.2) is 0 Å². The summed E-state index contributed by atoms with van der Waals surface area (Å²) >= 11 is 0. The van der Waals surface area contributed by atoms with Gasteiger partial charge in [0.05, 0.1) is 5.39 Å². The third-order valence-electron chi connectivity index (χ3n) is 3.90. The Morgan fingerprint density at radius 3 is 2.76 bits per heavy atom. The Morgan fingerprint density at radius 2 is 2.12 bits per heavy atom. The van der Waals surface area contributed by atoms with Crippen LogP contribution in [0.25, 0.3) is 11.0 Å². The zero-order valence-corrected chi connectivity index (χ0v) is 13.9. The van der Waals surface area contributed by atoms with E-state index in [-0.39, 0.29) is 17.4 Å². The van der Waals surface area contributed by atoms with Gasteiger partial charge in [0, 0.05) is 6.20 Å². The molecular weight excluding hydrogens is 357 g/mol. The van der Waals surface area contributed by atoms with Gasteiger partial charge in [-0.2, -0.15) is 9.97 Å². The van der Waals surface area contributed by atoms with Crippen LogP contribution < -0.4 is 11.5 Å². The summed E-state index contributed by atoms with van der Waals surface area (Å²) in [7, 11) is -4.47. The minimum Gasteiger partial charge on any atom is -0.385 e. The topological polar surface area (TPSA) is 199 Å². The first-order valence-electron chi connectivity index (χ1n) is 7.12. The van der Waals surface area contributed by atoms with Gasteiger partial charge in [0.15, 0.2) is 18.9 Å².